The fraction of sp³-hybridized carbons (Fsp3) is 0.182. The average molecular weight is 301 g/mol. The molecule has 1 rings (SSSR count). The molecule has 5 N–H and O–H groups in total. The van der Waals surface area contributed by atoms with Crippen molar-refractivity contribution in [1.82, 2.24) is 5.43 Å². The molecule has 0 aliphatic rings. The van der Waals surface area contributed by atoms with Gasteiger partial charge in [-0.1, -0.05) is 11.6 Å². The zero-order valence-corrected chi connectivity index (χ0v) is 11.3. The van der Waals surface area contributed by atoms with Crippen LogP contribution >= 0.6 is 11.6 Å². The summed E-state index contributed by atoms with van der Waals surface area (Å²) in [7, 11) is 1.41. The first kappa shape index (κ1) is 15.6. The van der Waals surface area contributed by atoms with E-state index in [1.165, 1.54) is 19.4 Å². The number of hydrogen-bond acceptors (Lipinski definition) is 5. The number of ether oxygens (including phenoxy) is 2. The second-order valence-corrected chi connectivity index (χ2v) is 3.93. The van der Waals surface area contributed by atoms with Crippen LogP contribution in [0.4, 0.5) is 4.79 Å². The van der Waals surface area contributed by atoms with E-state index in [4.69, 9.17) is 32.5 Å². The molecule has 1 aromatic carbocycles. The lowest BCUT2D eigenvalue weighted by Crippen LogP contribution is -2.24. The van der Waals surface area contributed by atoms with Crippen molar-refractivity contribution in [2.45, 2.75) is 0 Å². The van der Waals surface area contributed by atoms with Gasteiger partial charge in [0.25, 0.3) is 5.91 Å². The van der Waals surface area contributed by atoms with Crippen LogP contribution in [0.3, 0.4) is 0 Å². The molecule has 1 aromatic rings. The van der Waals surface area contributed by atoms with Crippen LogP contribution in [-0.4, -0.2) is 31.9 Å². The van der Waals surface area contributed by atoms with Gasteiger partial charge in [0.15, 0.2) is 18.1 Å². The second kappa shape index (κ2) is 7.19. The van der Waals surface area contributed by atoms with E-state index >= 15 is 0 Å². The summed E-state index contributed by atoms with van der Waals surface area (Å²) < 4.78 is 10.2. The van der Waals surface area contributed by atoms with Crippen LogP contribution in [0.1, 0.15) is 5.56 Å². The van der Waals surface area contributed by atoms with Crippen molar-refractivity contribution in [1.29, 1.82) is 0 Å². The van der Waals surface area contributed by atoms with Gasteiger partial charge in [0, 0.05) is 0 Å². The standard InChI is InChI=1S/C11H13ClN4O4/c1-19-8-3-6(4-15-16-11(14)18)2-7(12)10(8)20-5-9(13)17/h2-4H,5H2,1H3,(H2,13,17)(H3,14,16,18). The Labute approximate surface area is 119 Å². The van der Waals surface area contributed by atoms with Crippen LogP contribution in [0.5, 0.6) is 11.5 Å². The van der Waals surface area contributed by atoms with Crippen molar-refractivity contribution in [2.24, 2.45) is 16.6 Å². The van der Waals surface area contributed by atoms with E-state index in [1.54, 1.807) is 6.07 Å². The minimum absolute atomic E-state index is 0.188. The summed E-state index contributed by atoms with van der Waals surface area (Å²) in [6.07, 6.45) is 1.32. The Morgan fingerprint density at radius 3 is 2.70 bits per heavy atom. The van der Waals surface area contributed by atoms with Gasteiger partial charge < -0.3 is 20.9 Å². The Hall–Kier alpha value is -2.48. The van der Waals surface area contributed by atoms with Gasteiger partial charge in [-0.05, 0) is 17.7 Å². The molecule has 20 heavy (non-hydrogen) atoms. The Balaban J connectivity index is 2.97. The van der Waals surface area contributed by atoms with Crippen molar-refractivity contribution in [3.63, 3.8) is 0 Å². The van der Waals surface area contributed by atoms with Gasteiger partial charge in [-0.2, -0.15) is 5.10 Å². The molecule has 0 aromatic heterocycles. The normalized spacial score (nSPS) is 10.3. The number of nitrogens with two attached hydrogens (primary N) is 2. The largest absolute Gasteiger partial charge is 0.493 e. The van der Waals surface area contributed by atoms with Crippen molar-refractivity contribution < 1.29 is 19.1 Å². The van der Waals surface area contributed by atoms with Gasteiger partial charge in [-0.15, -0.1) is 0 Å². The molecule has 0 bridgehead atoms. The molecule has 0 unspecified atom stereocenters. The minimum Gasteiger partial charge on any atom is -0.493 e. The third-order valence-corrected chi connectivity index (χ3v) is 2.28. The second-order valence-electron chi connectivity index (χ2n) is 3.52. The molecular weight excluding hydrogens is 288 g/mol. The van der Waals surface area contributed by atoms with Gasteiger partial charge in [-0.25, -0.2) is 10.2 Å². The third kappa shape index (κ3) is 4.65. The number of carbonyl (C=O) groups is 2. The number of urea groups is 1. The molecule has 8 nitrogen and oxygen atoms in total. The maximum atomic E-state index is 10.7. The van der Waals surface area contributed by atoms with Crippen molar-refractivity contribution in [3.8, 4) is 11.5 Å². The molecule has 0 spiro atoms. The summed E-state index contributed by atoms with van der Waals surface area (Å²) in [5.74, 6) is -0.160. The summed E-state index contributed by atoms with van der Waals surface area (Å²) in [5, 5.41) is 3.78. The molecule has 0 radical (unpaired) electrons. The number of benzene rings is 1. The lowest BCUT2D eigenvalue weighted by atomic mass is 10.2. The van der Waals surface area contributed by atoms with Crippen LogP contribution < -0.4 is 26.4 Å². The summed E-state index contributed by atoms with van der Waals surface area (Å²) in [6, 6.07) is 2.27. The number of methoxy groups -OCH3 is 1. The zero-order chi connectivity index (χ0) is 15.1. The average Bonchev–Trinajstić information content (AvgIpc) is 2.36. The quantitative estimate of drug-likeness (QED) is 0.512. The number of amides is 3. The van der Waals surface area contributed by atoms with Crippen LogP contribution in [-0.2, 0) is 4.79 Å². The van der Waals surface area contributed by atoms with Crippen LogP contribution in [0.15, 0.2) is 17.2 Å². The molecular formula is C11H13ClN4O4. The van der Waals surface area contributed by atoms with Crippen LogP contribution in [0.2, 0.25) is 5.02 Å². The minimum atomic E-state index is -0.791. The van der Waals surface area contributed by atoms with Gasteiger partial charge >= 0.3 is 6.03 Å². The summed E-state index contributed by atoms with van der Waals surface area (Å²) in [4.78, 5) is 21.2. The van der Waals surface area contributed by atoms with E-state index in [0.717, 1.165) is 0 Å². The molecule has 0 heterocycles. The third-order valence-electron chi connectivity index (χ3n) is 2.00. The fourth-order valence-electron chi connectivity index (χ4n) is 1.27. The first-order valence-electron chi connectivity index (χ1n) is 5.31. The van der Waals surface area contributed by atoms with Gasteiger partial charge in [0.1, 0.15) is 0 Å². The predicted molar refractivity (Wildman–Crippen MR) is 73.0 cm³/mol. The number of rotatable bonds is 6. The fourth-order valence-corrected chi connectivity index (χ4v) is 1.54. The molecule has 0 saturated heterocycles. The number of hydrogen-bond donors (Lipinski definition) is 3. The van der Waals surface area contributed by atoms with Crippen molar-refractivity contribution >= 4 is 29.8 Å². The number of carbonyl (C=O) groups excluding carboxylic acids is 2. The lowest BCUT2D eigenvalue weighted by molar-refractivity contribution is -0.119. The Kier molecular flexibility index (Phi) is 5.60. The SMILES string of the molecule is COc1cc(C=NNC(N)=O)cc(Cl)c1OCC(N)=O. The molecule has 0 fully saturated rings. The summed E-state index contributed by atoms with van der Waals surface area (Å²) >= 11 is 6.01. The zero-order valence-electron chi connectivity index (χ0n) is 10.6. The number of halogens is 1. The highest BCUT2D eigenvalue weighted by Gasteiger charge is 2.12. The number of nitrogens with one attached hydrogen (secondary N) is 1. The maximum Gasteiger partial charge on any atom is 0.332 e. The first-order chi connectivity index (χ1) is 9.43. The first-order valence-corrected chi connectivity index (χ1v) is 5.69. The van der Waals surface area contributed by atoms with Gasteiger partial charge in [-0.3, -0.25) is 4.79 Å². The highest BCUT2D eigenvalue weighted by Crippen LogP contribution is 2.35. The molecule has 3 amide bonds. The molecule has 9 heteroatoms. The number of primary amides is 2. The highest BCUT2D eigenvalue weighted by atomic mass is 35.5. The number of hydrazone groups is 1. The van der Waals surface area contributed by atoms with E-state index < -0.39 is 11.9 Å². The molecule has 0 aliphatic carbocycles. The topological polar surface area (TPSA) is 129 Å². The monoisotopic (exact) mass is 300 g/mol. The van der Waals surface area contributed by atoms with Crippen LogP contribution in [0, 0.1) is 0 Å². The van der Waals surface area contributed by atoms with E-state index in [2.05, 4.69) is 5.10 Å². The Morgan fingerprint density at radius 1 is 1.45 bits per heavy atom. The van der Waals surface area contributed by atoms with E-state index in [1.807, 2.05) is 5.43 Å². The predicted octanol–water partition coefficient (Wildman–Crippen LogP) is 0.215. The van der Waals surface area contributed by atoms with Crippen molar-refractivity contribution in [3.05, 3.63) is 22.7 Å². The van der Waals surface area contributed by atoms with Crippen molar-refractivity contribution in [2.75, 3.05) is 13.7 Å². The molecule has 0 saturated carbocycles. The lowest BCUT2D eigenvalue weighted by Gasteiger charge is -2.12. The van der Waals surface area contributed by atoms with Gasteiger partial charge in [0.05, 0.1) is 18.3 Å². The Bertz CT molecular complexity index is 547. The Morgan fingerprint density at radius 2 is 2.15 bits per heavy atom. The summed E-state index contributed by atoms with van der Waals surface area (Å²) in [6.45, 7) is -0.327. The smallest absolute Gasteiger partial charge is 0.332 e. The highest BCUT2D eigenvalue weighted by molar-refractivity contribution is 6.32. The molecule has 0 aliphatic heterocycles. The maximum absolute atomic E-state index is 10.7. The van der Waals surface area contributed by atoms with Crippen LogP contribution in [0.25, 0.3) is 0 Å². The molecule has 0 atom stereocenters. The molecule has 108 valence electrons. The number of nitrogens with zero attached hydrogens (tertiary/aromatic N) is 1. The van der Waals surface area contributed by atoms with Gasteiger partial charge in [0.2, 0.25) is 0 Å². The van der Waals surface area contributed by atoms with E-state index in [0.29, 0.717) is 11.3 Å². The van der Waals surface area contributed by atoms with E-state index in [9.17, 15) is 9.59 Å². The summed E-state index contributed by atoms with van der Waals surface area (Å²) in [5.41, 5.74) is 12.4. The van der Waals surface area contributed by atoms with E-state index in [-0.39, 0.29) is 17.4 Å².